The molecule has 0 aromatic carbocycles. The number of hydrogen-bond donors (Lipinski definition) is 1. The van der Waals surface area contributed by atoms with Crippen LogP contribution in [0.5, 0.6) is 0 Å². The summed E-state index contributed by atoms with van der Waals surface area (Å²) in [5.74, 6) is -0.229. The highest BCUT2D eigenvalue weighted by Crippen LogP contribution is 2.18. The van der Waals surface area contributed by atoms with Gasteiger partial charge in [-0.15, -0.1) is 10.2 Å². The number of hydrogen-bond acceptors (Lipinski definition) is 5. The Hall–Kier alpha value is -1.57. The van der Waals surface area contributed by atoms with E-state index in [4.69, 9.17) is 5.11 Å². The van der Waals surface area contributed by atoms with Crippen LogP contribution >= 0.6 is 11.8 Å². The van der Waals surface area contributed by atoms with E-state index in [1.165, 1.54) is 0 Å². The molecule has 0 radical (unpaired) electrons. The minimum atomic E-state index is -0.909. The number of aromatic nitrogens is 3. The van der Waals surface area contributed by atoms with Gasteiger partial charge in [0.05, 0.1) is 5.75 Å². The van der Waals surface area contributed by atoms with Crippen molar-refractivity contribution in [1.29, 1.82) is 0 Å². The van der Waals surface area contributed by atoms with Gasteiger partial charge in [0.25, 0.3) is 0 Å². The van der Waals surface area contributed by atoms with Crippen molar-refractivity contribution in [2.45, 2.75) is 37.9 Å². The van der Waals surface area contributed by atoms with Crippen molar-refractivity contribution in [1.82, 2.24) is 19.7 Å². The fourth-order valence-electron chi connectivity index (χ4n) is 2.17. The number of carboxylic acids is 1. The molecule has 1 fully saturated rings. The number of aryl methyl sites for hydroxylation is 1. The van der Waals surface area contributed by atoms with Gasteiger partial charge in [-0.05, 0) is 12.8 Å². The van der Waals surface area contributed by atoms with Crippen LogP contribution in [-0.4, -0.2) is 55.5 Å². The molecule has 2 rings (SSSR count). The van der Waals surface area contributed by atoms with E-state index in [1.54, 1.807) is 4.57 Å². The van der Waals surface area contributed by atoms with Gasteiger partial charge >= 0.3 is 5.97 Å². The molecule has 1 aliphatic heterocycles. The number of aliphatic carboxylic acids is 1. The lowest BCUT2D eigenvalue weighted by molar-refractivity contribution is -0.134. The molecule has 1 aromatic rings. The van der Waals surface area contributed by atoms with Crippen LogP contribution in [0.25, 0.3) is 0 Å². The lowest BCUT2D eigenvalue weighted by Crippen LogP contribution is -2.31. The standard InChI is InChI=1S/C12H18N4O3S/c1-2-9-13-14-12(20-8-11(18)19)16(9)7-10(17)15-5-3-4-6-15/h2-8H2,1H3,(H,18,19). The zero-order valence-electron chi connectivity index (χ0n) is 11.4. The van der Waals surface area contributed by atoms with Gasteiger partial charge in [-0.1, -0.05) is 18.7 Å². The van der Waals surface area contributed by atoms with E-state index in [2.05, 4.69) is 10.2 Å². The van der Waals surface area contributed by atoms with Crippen molar-refractivity contribution in [3.8, 4) is 0 Å². The van der Waals surface area contributed by atoms with Gasteiger partial charge < -0.3 is 10.0 Å². The number of nitrogens with zero attached hydrogens (tertiary/aromatic N) is 4. The third-order valence-electron chi connectivity index (χ3n) is 3.19. The average molecular weight is 298 g/mol. The highest BCUT2D eigenvalue weighted by Gasteiger charge is 2.21. The number of thioether (sulfide) groups is 1. The average Bonchev–Trinajstić information content (AvgIpc) is 3.05. The minimum Gasteiger partial charge on any atom is -0.481 e. The van der Waals surface area contributed by atoms with E-state index in [0.29, 0.717) is 17.4 Å². The Morgan fingerprint density at radius 1 is 1.30 bits per heavy atom. The van der Waals surface area contributed by atoms with Gasteiger partial charge in [-0.25, -0.2) is 0 Å². The third-order valence-corrected chi connectivity index (χ3v) is 4.14. The summed E-state index contributed by atoms with van der Waals surface area (Å²) in [5.41, 5.74) is 0. The van der Waals surface area contributed by atoms with Crippen molar-refractivity contribution in [3.05, 3.63) is 5.82 Å². The van der Waals surface area contributed by atoms with Crippen LogP contribution in [0, 0.1) is 0 Å². The summed E-state index contributed by atoms with van der Waals surface area (Å²) in [6.07, 6.45) is 2.76. The molecule has 2 heterocycles. The number of amides is 1. The van der Waals surface area contributed by atoms with Crippen LogP contribution < -0.4 is 0 Å². The van der Waals surface area contributed by atoms with E-state index in [1.807, 2.05) is 11.8 Å². The zero-order valence-corrected chi connectivity index (χ0v) is 12.2. The fraction of sp³-hybridized carbons (Fsp3) is 0.667. The van der Waals surface area contributed by atoms with Crippen LogP contribution in [-0.2, 0) is 22.6 Å². The number of carbonyl (C=O) groups excluding carboxylic acids is 1. The van der Waals surface area contributed by atoms with Crippen LogP contribution in [0.1, 0.15) is 25.6 Å². The van der Waals surface area contributed by atoms with Crippen molar-refractivity contribution >= 4 is 23.6 Å². The van der Waals surface area contributed by atoms with Gasteiger partial charge in [-0.2, -0.15) is 0 Å². The summed E-state index contributed by atoms with van der Waals surface area (Å²) in [5, 5.41) is 17.2. The second-order valence-corrected chi connectivity index (χ2v) is 5.55. The maximum Gasteiger partial charge on any atom is 0.313 e. The Morgan fingerprint density at radius 3 is 2.60 bits per heavy atom. The van der Waals surface area contributed by atoms with Crippen LogP contribution in [0.3, 0.4) is 0 Å². The Labute approximate surface area is 121 Å². The Bertz CT molecular complexity index is 497. The number of likely N-dealkylation sites (tertiary alicyclic amines) is 1. The van der Waals surface area contributed by atoms with E-state index in [0.717, 1.165) is 37.7 Å². The number of carboxylic acid groups (broad SMARTS) is 1. The molecule has 0 unspecified atom stereocenters. The molecule has 1 N–H and O–H groups in total. The van der Waals surface area contributed by atoms with Gasteiger partial charge in [0.15, 0.2) is 5.16 Å². The maximum atomic E-state index is 12.2. The highest BCUT2D eigenvalue weighted by molar-refractivity contribution is 7.99. The molecule has 1 aromatic heterocycles. The zero-order chi connectivity index (χ0) is 14.5. The molecule has 0 bridgehead atoms. The molecule has 0 spiro atoms. The molecule has 0 saturated carbocycles. The summed E-state index contributed by atoms with van der Waals surface area (Å²) in [6.45, 7) is 3.74. The van der Waals surface area contributed by atoms with Gasteiger partial charge in [0.2, 0.25) is 5.91 Å². The molecular formula is C12H18N4O3S. The molecule has 7 nitrogen and oxygen atoms in total. The Balaban J connectivity index is 2.09. The topological polar surface area (TPSA) is 88.3 Å². The molecule has 1 aliphatic rings. The van der Waals surface area contributed by atoms with Crippen LogP contribution in [0.2, 0.25) is 0 Å². The molecular weight excluding hydrogens is 280 g/mol. The maximum absolute atomic E-state index is 12.2. The first-order valence-electron chi connectivity index (χ1n) is 6.66. The monoisotopic (exact) mass is 298 g/mol. The fourth-order valence-corrected chi connectivity index (χ4v) is 2.85. The Morgan fingerprint density at radius 2 is 2.00 bits per heavy atom. The van der Waals surface area contributed by atoms with Gasteiger partial charge in [0, 0.05) is 19.5 Å². The Kier molecular flexibility index (Phi) is 4.99. The first-order valence-corrected chi connectivity index (χ1v) is 7.64. The summed E-state index contributed by atoms with van der Waals surface area (Å²) in [7, 11) is 0. The molecule has 0 atom stereocenters. The minimum absolute atomic E-state index is 0.0502. The first-order chi connectivity index (χ1) is 9.61. The van der Waals surface area contributed by atoms with Crippen LogP contribution in [0.15, 0.2) is 5.16 Å². The lowest BCUT2D eigenvalue weighted by Gasteiger charge is -2.16. The highest BCUT2D eigenvalue weighted by atomic mass is 32.2. The van der Waals surface area contributed by atoms with Gasteiger partial charge in [-0.3, -0.25) is 14.2 Å². The SMILES string of the molecule is CCc1nnc(SCC(=O)O)n1CC(=O)N1CCCC1. The second kappa shape index (κ2) is 6.74. The van der Waals surface area contributed by atoms with Crippen molar-refractivity contribution in [3.63, 3.8) is 0 Å². The van der Waals surface area contributed by atoms with Crippen molar-refractivity contribution in [2.24, 2.45) is 0 Å². The molecule has 110 valence electrons. The lowest BCUT2D eigenvalue weighted by atomic mass is 10.4. The molecule has 1 saturated heterocycles. The largest absolute Gasteiger partial charge is 0.481 e. The van der Waals surface area contributed by atoms with Crippen LogP contribution in [0.4, 0.5) is 0 Å². The molecule has 8 heteroatoms. The van der Waals surface area contributed by atoms with E-state index in [9.17, 15) is 9.59 Å². The predicted molar refractivity (Wildman–Crippen MR) is 73.6 cm³/mol. The number of rotatable bonds is 6. The summed E-state index contributed by atoms with van der Waals surface area (Å²) < 4.78 is 1.73. The summed E-state index contributed by atoms with van der Waals surface area (Å²) >= 11 is 1.09. The smallest absolute Gasteiger partial charge is 0.313 e. The molecule has 1 amide bonds. The van der Waals surface area contributed by atoms with E-state index >= 15 is 0 Å². The van der Waals surface area contributed by atoms with E-state index < -0.39 is 5.97 Å². The van der Waals surface area contributed by atoms with E-state index in [-0.39, 0.29) is 18.2 Å². The second-order valence-electron chi connectivity index (χ2n) is 4.61. The normalized spacial score (nSPS) is 14.8. The third kappa shape index (κ3) is 3.50. The molecule has 0 aliphatic carbocycles. The van der Waals surface area contributed by atoms with Crippen molar-refractivity contribution in [2.75, 3.05) is 18.8 Å². The van der Waals surface area contributed by atoms with Gasteiger partial charge in [0.1, 0.15) is 12.4 Å². The predicted octanol–water partition coefficient (Wildman–Crippen LogP) is 0.640. The summed E-state index contributed by atoms with van der Waals surface area (Å²) in [4.78, 5) is 24.7. The summed E-state index contributed by atoms with van der Waals surface area (Å²) in [6, 6.07) is 0. The van der Waals surface area contributed by atoms with Crippen molar-refractivity contribution < 1.29 is 14.7 Å². The quantitative estimate of drug-likeness (QED) is 0.775. The number of carbonyl (C=O) groups is 2. The first kappa shape index (κ1) is 14.8. The molecule has 20 heavy (non-hydrogen) atoms.